The van der Waals surface area contributed by atoms with Crippen LogP contribution in [0.25, 0.3) is 0 Å². The van der Waals surface area contributed by atoms with Gasteiger partial charge in [-0.1, -0.05) is 20.8 Å². The smallest absolute Gasteiger partial charge is 0.315 e. The molecule has 0 aliphatic heterocycles. The van der Waals surface area contributed by atoms with Gasteiger partial charge in [0.25, 0.3) is 0 Å². The SMILES string of the molecule is Cc1nn(C)c(C)c1CC(C)NC(=O)NCCNC(=O)C(C)(C)C. The Morgan fingerprint density at radius 1 is 1.17 bits per heavy atom. The van der Waals surface area contributed by atoms with Crippen LogP contribution in [0.4, 0.5) is 4.79 Å². The molecule has 0 saturated heterocycles. The molecule has 1 unspecified atom stereocenters. The van der Waals surface area contributed by atoms with Crippen LogP contribution >= 0.6 is 0 Å². The fourth-order valence-electron chi connectivity index (χ4n) is 2.36. The molecule has 0 fully saturated rings. The average molecular weight is 337 g/mol. The molecule has 7 heteroatoms. The molecular weight excluding hydrogens is 306 g/mol. The molecule has 0 aromatic carbocycles. The van der Waals surface area contributed by atoms with Crippen LogP contribution in [0, 0.1) is 19.3 Å². The molecule has 3 N–H and O–H groups in total. The highest BCUT2D eigenvalue weighted by Crippen LogP contribution is 2.14. The Bertz CT molecular complexity index is 587. The Labute approximate surface area is 144 Å². The van der Waals surface area contributed by atoms with Crippen LogP contribution in [0.1, 0.15) is 44.6 Å². The highest BCUT2D eigenvalue weighted by Gasteiger charge is 2.20. The highest BCUT2D eigenvalue weighted by molar-refractivity contribution is 5.81. The number of hydrogen-bond acceptors (Lipinski definition) is 3. The number of amides is 3. The Kier molecular flexibility index (Phi) is 6.81. The molecule has 0 saturated carbocycles. The molecule has 1 heterocycles. The summed E-state index contributed by atoms with van der Waals surface area (Å²) in [5, 5.41) is 12.8. The van der Waals surface area contributed by atoms with Crippen LogP contribution in [0.2, 0.25) is 0 Å². The fraction of sp³-hybridized carbons (Fsp3) is 0.706. The first-order valence-corrected chi connectivity index (χ1v) is 8.34. The van der Waals surface area contributed by atoms with Crippen LogP contribution in [0.5, 0.6) is 0 Å². The predicted octanol–water partition coefficient (Wildman–Crippen LogP) is 1.43. The topological polar surface area (TPSA) is 88.1 Å². The Hall–Kier alpha value is -2.05. The molecule has 0 aliphatic rings. The third kappa shape index (κ3) is 5.86. The summed E-state index contributed by atoms with van der Waals surface area (Å²) < 4.78 is 1.86. The first kappa shape index (κ1) is 20.0. The molecule has 3 amide bonds. The van der Waals surface area contributed by atoms with Gasteiger partial charge in [0.2, 0.25) is 5.91 Å². The summed E-state index contributed by atoms with van der Waals surface area (Å²) in [6.45, 7) is 12.3. The zero-order chi connectivity index (χ0) is 18.5. The number of carbonyl (C=O) groups is 2. The number of hydrogen-bond donors (Lipinski definition) is 3. The van der Waals surface area contributed by atoms with Gasteiger partial charge in [0.15, 0.2) is 0 Å². The van der Waals surface area contributed by atoms with Crippen molar-refractivity contribution in [3.8, 4) is 0 Å². The quantitative estimate of drug-likeness (QED) is 0.686. The lowest BCUT2D eigenvalue weighted by Crippen LogP contribution is -2.45. The molecule has 1 aromatic heterocycles. The largest absolute Gasteiger partial charge is 0.354 e. The molecule has 0 spiro atoms. The monoisotopic (exact) mass is 337 g/mol. The van der Waals surface area contributed by atoms with E-state index in [1.165, 1.54) is 5.56 Å². The van der Waals surface area contributed by atoms with E-state index in [-0.39, 0.29) is 18.0 Å². The standard InChI is InChI=1S/C17H31N5O2/c1-11(10-14-12(2)21-22(7)13(14)3)20-16(24)19-9-8-18-15(23)17(4,5)6/h11H,8-10H2,1-7H3,(H,18,23)(H2,19,20,24). The molecule has 0 aliphatic carbocycles. The van der Waals surface area contributed by atoms with Crippen molar-refractivity contribution in [2.75, 3.05) is 13.1 Å². The van der Waals surface area contributed by atoms with Gasteiger partial charge < -0.3 is 16.0 Å². The molecule has 136 valence electrons. The van der Waals surface area contributed by atoms with Gasteiger partial charge in [-0.3, -0.25) is 9.48 Å². The predicted molar refractivity (Wildman–Crippen MR) is 94.8 cm³/mol. The number of urea groups is 1. The van der Waals surface area contributed by atoms with Gasteiger partial charge in [-0.2, -0.15) is 5.10 Å². The van der Waals surface area contributed by atoms with Gasteiger partial charge >= 0.3 is 6.03 Å². The molecular formula is C17H31N5O2. The summed E-state index contributed by atoms with van der Waals surface area (Å²) >= 11 is 0. The maximum Gasteiger partial charge on any atom is 0.315 e. The highest BCUT2D eigenvalue weighted by atomic mass is 16.2. The molecule has 1 rings (SSSR count). The third-order valence-corrected chi connectivity index (χ3v) is 3.92. The van der Waals surface area contributed by atoms with Crippen LogP contribution in [0.3, 0.4) is 0 Å². The van der Waals surface area contributed by atoms with Crippen LogP contribution in [-0.4, -0.2) is 40.9 Å². The summed E-state index contributed by atoms with van der Waals surface area (Å²) in [5.41, 5.74) is 2.86. The molecule has 24 heavy (non-hydrogen) atoms. The number of nitrogens with one attached hydrogen (secondary N) is 3. The lowest BCUT2D eigenvalue weighted by molar-refractivity contribution is -0.128. The Morgan fingerprint density at radius 2 is 1.75 bits per heavy atom. The van der Waals surface area contributed by atoms with Gasteiger partial charge in [-0.05, 0) is 32.8 Å². The Balaban J connectivity index is 2.33. The number of aryl methyl sites for hydroxylation is 2. The summed E-state index contributed by atoms with van der Waals surface area (Å²) in [6.07, 6.45) is 0.736. The second-order valence-electron chi connectivity index (χ2n) is 7.28. The van der Waals surface area contributed by atoms with Gasteiger partial charge in [0.1, 0.15) is 0 Å². The van der Waals surface area contributed by atoms with E-state index in [2.05, 4.69) is 21.0 Å². The van der Waals surface area contributed by atoms with E-state index in [0.717, 1.165) is 17.8 Å². The van der Waals surface area contributed by atoms with Crippen LogP contribution in [-0.2, 0) is 18.3 Å². The van der Waals surface area contributed by atoms with E-state index < -0.39 is 5.41 Å². The van der Waals surface area contributed by atoms with E-state index in [4.69, 9.17) is 0 Å². The maximum atomic E-state index is 11.9. The number of aromatic nitrogens is 2. The molecule has 0 radical (unpaired) electrons. The Morgan fingerprint density at radius 3 is 2.25 bits per heavy atom. The maximum absolute atomic E-state index is 11.9. The summed E-state index contributed by atoms with van der Waals surface area (Å²) in [5.74, 6) is -0.0272. The second-order valence-corrected chi connectivity index (χ2v) is 7.28. The van der Waals surface area contributed by atoms with Crippen LogP contribution < -0.4 is 16.0 Å². The number of carbonyl (C=O) groups excluding carboxylic acids is 2. The van der Waals surface area contributed by atoms with E-state index in [0.29, 0.717) is 13.1 Å². The minimum absolute atomic E-state index is 0.00392. The van der Waals surface area contributed by atoms with Crippen LogP contribution in [0.15, 0.2) is 0 Å². The third-order valence-electron chi connectivity index (χ3n) is 3.92. The lowest BCUT2D eigenvalue weighted by atomic mass is 9.96. The van der Waals surface area contributed by atoms with Gasteiger partial charge in [0.05, 0.1) is 5.69 Å². The number of nitrogens with zero attached hydrogens (tertiary/aromatic N) is 2. The minimum atomic E-state index is -0.420. The molecule has 0 bridgehead atoms. The van der Waals surface area contributed by atoms with Crippen molar-refractivity contribution in [2.24, 2.45) is 12.5 Å². The van der Waals surface area contributed by atoms with Gasteiger partial charge in [0, 0.05) is 37.3 Å². The summed E-state index contributed by atoms with van der Waals surface area (Å²) in [7, 11) is 1.92. The van der Waals surface area contributed by atoms with Crippen molar-refractivity contribution in [3.05, 3.63) is 17.0 Å². The van der Waals surface area contributed by atoms with Crippen molar-refractivity contribution in [2.45, 2.75) is 54.0 Å². The normalized spacial score (nSPS) is 12.6. The minimum Gasteiger partial charge on any atom is -0.354 e. The lowest BCUT2D eigenvalue weighted by Gasteiger charge is -2.18. The second kappa shape index (κ2) is 8.17. The first-order valence-electron chi connectivity index (χ1n) is 8.34. The van der Waals surface area contributed by atoms with E-state index in [1.54, 1.807) is 0 Å². The molecule has 7 nitrogen and oxygen atoms in total. The zero-order valence-corrected chi connectivity index (χ0v) is 15.9. The van der Waals surface area contributed by atoms with E-state index in [1.807, 2.05) is 53.3 Å². The number of rotatable bonds is 6. The van der Waals surface area contributed by atoms with E-state index in [9.17, 15) is 9.59 Å². The van der Waals surface area contributed by atoms with Crippen molar-refractivity contribution < 1.29 is 9.59 Å². The zero-order valence-electron chi connectivity index (χ0n) is 15.9. The van der Waals surface area contributed by atoms with Crippen molar-refractivity contribution >= 4 is 11.9 Å². The molecule has 1 aromatic rings. The summed E-state index contributed by atoms with van der Waals surface area (Å²) in [6, 6.07) is -0.234. The molecule has 1 atom stereocenters. The average Bonchev–Trinajstić information content (AvgIpc) is 2.68. The summed E-state index contributed by atoms with van der Waals surface area (Å²) in [4.78, 5) is 23.6. The van der Waals surface area contributed by atoms with Crippen molar-refractivity contribution in [1.29, 1.82) is 0 Å². The first-order chi connectivity index (χ1) is 11.0. The van der Waals surface area contributed by atoms with Gasteiger partial charge in [-0.25, -0.2) is 4.79 Å². The van der Waals surface area contributed by atoms with E-state index >= 15 is 0 Å². The van der Waals surface area contributed by atoms with Gasteiger partial charge in [-0.15, -0.1) is 0 Å². The fourth-order valence-corrected chi connectivity index (χ4v) is 2.36. The van der Waals surface area contributed by atoms with Crippen molar-refractivity contribution in [1.82, 2.24) is 25.7 Å². The van der Waals surface area contributed by atoms with Crippen molar-refractivity contribution in [3.63, 3.8) is 0 Å².